The van der Waals surface area contributed by atoms with Crippen molar-refractivity contribution in [2.75, 3.05) is 12.4 Å². The highest BCUT2D eigenvalue weighted by Crippen LogP contribution is 2.37. The zero-order valence-electron chi connectivity index (χ0n) is 14.8. The van der Waals surface area contributed by atoms with E-state index in [4.69, 9.17) is 4.74 Å². The third-order valence-corrected chi connectivity index (χ3v) is 3.31. The number of carbonyl (C=O) groups is 1. The Morgan fingerprint density at radius 1 is 1.38 bits per heavy atom. The second-order valence-electron chi connectivity index (χ2n) is 6.04. The van der Waals surface area contributed by atoms with Crippen LogP contribution < -0.4 is 10.1 Å². The number of urea groups is 1. The first-order valence-electron chi connectivity index (χ1n) is 7.81. The molecule has 0 radical (unpaired) electrons. The number of halogens is 3. The molecule has 10 heteroatoms. The van der Waals surface area contributed by atoms with Crippen LogP contribution in [0.1, 0.15) is 25.1 Å². The molecule has 1 aromatic heterocycles. The van der Waals surface area contributed by atoms with Gasteiger partial charge in [0.15, 0.2) is 0 Å². The first kappa shape index (κ1) is 19.5. The number of carbonyl (C=O) groups excluding carboxylic acids is 1. The molecule has 1 heterocycles. The molecule has 2 rings (SSSR count). The SMILES string of the molecule is CC(C)Oc1ccc(NC(=O)N(C)Cc2cn(C)nn2)c(C(F)(F)F)c1. The van der Waals surface area contributed by atoms with Gasteiger partial charge in [-0.3, -0.25) is 4.68 Å². The lowest BCUT2D eigenvalue weighted by Gasteiger charge is -2.20. The van der Waals surface area contributed by atoms with Crippen molar-refractivity contribution < 1.29 is 22.7 Å². The van der Waals surface area contributed by atoms with Crippen LogP contribution in [-0.4, -0.2) is 39.1 Å². The molecule has 2 amide bonds. The van der Waals surface area contributed by atoms with Gasteiger partial charge < -0.3 is 15.0 Å². The normalized spacial score (nSPS) is 11.5. The summed E-state index contributed by atoms with van der Waals surface area (Å²) in [6, 6.07) is 2.74. The molecule has 0 saturated carbocycles. The van der Waals surface area contributed by atoms with Gasteiger partial charge in [-0.15, -0.1) is 5.10 Å². The van der Waals surface area contributed by atoms with Gasteiger partial charge in [-0.05, 0) is 32.0 Å². The predicted octanol–water partition coefficient (Wildman–Crippen LogP) is 3.29. The summed E-state index contributed by atoms with van der Waals surface area (Å²) in [4.78, 5) is 13.4. The number of aryl methyl sites for hydroxylation is 1. The van der Waals surface area contributed by atoms with Gasteiger partial charge in [0.1, 0.15) is 11.4 Å². The Kier molecular flexibility index (Phi) is 5.73. The van der Waals surface area contributed by atoms with E-state index in [1.807, 2.05) is 0 Å². The standard InChI is InChI=1S/C16H20F3N5O2/c1-10(2)26-12-5-6-14(13(7-12)16(17,18)19)20-15(25)23(3)8-11-9-24(4)22-21-11/h5-7,9-10H,8H2,1-4H3,(H,20,25). The molecule has 0 unspecified atom stereocenters. The minimum absolute atomic E-state index is 0.0817. The minimum atomic E-state index is -4.64. The number of hydrogen-bond acceptors (Lipinski definition) is 4. The molecule has 142 valence electrons. The number of benzene rings is 1. The van der Waals surface area contributed by atoms with Crippen molar-refractivity contribution in [1.82, 2.24) is 19.9 Å². The van der Waals surface area contributed by atoms with E-state index in [1.165, 1.54) is 28.8 Å². The maximum Gasteiger partial charge on any atom is 0.418 e. The fraction of sp³-hybridized carbons (Fsp3) is 0.438. The lowest BCUT2D eigenvalue weighted by molar-refractivity contribution is -0.137. The summed E-state index contributed by atoms with van der Waals surface area (Å²) in [7, 11) is 3.13. The van der Waals surface area contributed by atoms with Crippen molar-refractivity contribution in [2.24, 2.45) is 7.05 Å². The summed E-state index contributed by atoms with van der Waals surface area (Å²) >= 11 is 0. The second-order valence-corrected chi connectivity index (χ2v) is 6.04. The molecule has 1 N–H and O–H groups in total. The zero-order chi connectivity index (χ0) is 19.5. The predicted molar refractivity (Wildman–Crippen MR) is 88.7 cm³/mol. The van der Waals surface area contributed by atoms with E-state index in [-0.39, 0.29) is 24.1 Å². The van der Waals surface area contributed by atoms with Crippen molar-refractivity contribution in [3.05, 3.63) is 35.7 Å². The summed E-state index contributed by atoms with van der Waals surface area (Å²) in [6.45, 7) is 3.53. The summed E-state index contributed by atoms with van der Waals surface area (Å²) in [5, 5.41) is 9.86. The number of aromatic nitrogens is 3. The number of amides is 2. The van der Waals surface area contributed by atoms with E-state index in [0.29, 0.717) is 5.69 Å². The monoisotopic (exact) mass is 371 g/mol. The van der Waals surface area contributed by atoms with Crippen LogP contribution in [0.15, 0.2) is 24.4 Å². The molecular weight excluding hydrogens is 351 g/mol. The van der Waals surface area contributed by atoms with Gasteiger partial charge in [-0.25, -0.2) is 4.79 Å². The van der Waals surface area contributed by atoms with Gasteiger partial charge in [-0.2, -0.15) is 13.2 Å². The Labute approximate surface area is 148 Å². The molecule has 0 aliphatic heterocycles. The summed E-state index contributed by atoms with van der Waals surface area (Å²) in [6.07, 6.45) is -3.29. The molecule has 0 atom stereocenters. The van der Waals surface area contributed by atoms with Crippen LogP contribution >= 0.6 is 0 Å². The number of rotatable bonds is 5. The third kappa shape index (κ3) is 5.11. The van der Waals surface area contributed by atoms with Crippen LogP contribution in [0, 0.1) is 0 Å². The first-order chi connectivity index (χ1) is 12.1. The molecule has 0 spiro atoms. The van der Waals surface area contributed by atoms with E-state index in [2.05, 4.69) is 15.6 Å². The van der Waals surface area contributed by atoms with E-state index >= 15 is 0 Å². The van der Waals surface area contributed by atoms with Crippen molar-refractivity contribution >= 4 is 11.7 Å². The number of nitrogens with one attached hydrogen (secondary N) is 1. The highest BCUT2D eigenvalue weighted by molar-refractivity contribution is 5.90. The summed E-state index contributed by atoms with van der Waals surface area (Å²) < 4.78 is 46.7. The Hall–Kier alpha value is -2.78. The van der Waals surface area contributed by atoms with Gasteiger partial charge in [0.05, 0.1) is 23.9 Å². The van der Waals surface area contributed by atoms with Crippen molar-refractivity contribution in [2.45, 2.75) is 32.7 Å². The van der Waals surface area contributed by atoms with Crippen molar-refractivity contribution in [1.29, 1.82) is 0 Å². The highest BCUT2D eigenvalue weighted by Gasteiger charge is 2.35. The average molecular weight is 371 g/mol. The van der Waals surface area contributed by atoms with E-state index in [1.54, 1.807) is 27.1 Å². The Morgan fingerprint density at radius 3 is 2.62 bits per heavy atom. The lowest BCUT2D eigenvalue weighted by atomic mass is 10.1. The van der Waals surface area contributed by atoms with E-state index < -0.39 is 17.8 Å². The third-order valence-electron chi connectivity index (χ3n) is 3.31. The molecule has 0 saturated heterocycles. The smallest absolute Gasteiger partial charge is 0.418 e. The number of alkyl halides is 3. The van der Waals surface area contributed by atoms with Crippen molar-refractivity contribution in [3.63, 3.8) is 0 Å². The molecule has 0 aliphatic carbocycles. The van der Waals surface area contributed by atoms with Crippen molar-refractivity contribution in [3.8, 4) is 5.75 Å². The fourth-order valence-corrected chi connectivity index (χ4v) is 2.21. The quantitative estimate of drug-likeness (QED) is 0.876. The number of ether oxygens (including phenoxy) is 1. The topological polar surface area (TPSA) is 72.3 Å². The van der Waals surface area contributed by atoms with Gasteiger partial charge in [0.25, 0.3) is 0 Å². The fourth-order valence-electron chi connectivity index (χ4n) is 2.21. The van der Waals surface area contributed by atoms with Crippen LogP contribution in [-0.2, 0) is 19.8 Å². The Bertz CT molecular complexity index is 773. The van der Waals surface area contributed by atoms with Crippen LogP contribution in [0.25, 0.3) is 0 Å². The molecule has 0 bridgehead atoms. The van der Waals surface area contributed by atoms with Crippen LogP contribution in [0.3, 0.4) is 0 Å². The average Bonchev–Trinajstić information content (AvgIpc) is 2.92. The molecule has 7 nitrogen and oxygen atoms in total. The molecule has 0 aliphatic rings. The minimum Gasteiger partial charge on any atom is -0.491 e. The number of hydrogen-bond donors (Lipinski definition) is 1. The molecule has 2 aromatic rings. The van der Waals surface area contributed by atoms with Crippen LogP contribution in [0.4, 0.5) is 23.7 Å². The van der Waals surface area contributed by atoms with Crippen LogP contribution in [0.5, 0.6) is 5.75 Å². The Morgan fingerprint density at radius 2 is 2.08 bits per heavy atom. The molecule has 0 fully saturated rings. The largest absolute Gasteiger partial charge is 0.491 e. The van der Waals surface area contributed by atoms with Gasteiger partial charge in [0.2, 0.25) is 0 Å². The second kappa shape index (κ2) is 7.63. The number of anilines is 1. The van der Waals surface area contributed by atoms with Crippen LogP contribution in [0.2, 0.25) is 0 Å². The molecular formula is C16H20F3N5O2. The molecule has 26 heavy (non-hydrogen) atoms. The maximum absolute atomic E-state index is 13.3. The Balaban J connectivity index is 2.17. The van der Waals surface area contributed by atoms with E-state index in [9.17, 15) is 18.0 Å². The zero-order valence-corrected chi connectivity index (χ0v) is 14.8. The highest BCUT2D eigenvalue weighted by atomic mass is 19.4. The first-order valence-corrected chi connectivity index (χ1v) is 7.81. The summed E-state index contributed by atoms with van der Waals surface area (Å²) in [5.74, 6) is 0.0817. The van der Waals surface area contributed by atoms with E-state index in [0.717, 1.165) is 6.07 Å². The van der Waals surface area contributed by atoms with Gasteiger partial charge in [-0.1, -0.05) is 5.21 Å². The summed E-state index contributed by atoms with van der Waals surface area (Å²) in [5.41, 5.74) is -0.802. The van der Waals surface area contributed by atoms with Gasteiger partial charge >= 0.3 is 12.2 Å². The lowest BCUT2D eigenvalue weighted by Crippen LogP contribution is -2.31. The number of nitrogens with zero attached hydrogens (tertiary/aromatic N) is 4. The maximum atomic E-state index is 13.3. The van der Waals surface area contributed by atoms with Gasteiger partial charge in [0, 0.05) is 20.3 Å². The molecule has 1 aromatic carbocycles.